The molecule has 0 saturated heterocycles. The van der Waals surface area contributed by atoms with E-state index in [4.69, 9.17) is 36.3 Å². The van der Waals surface area contributed by atoms with Crippen LogP contribution in [-0.4, -0.2) is 13.1 Å². The molecule has 200 valence electrons. The van der Waals surface area contributed by atoms with Crippen molar-refractivity contribution in [1.82, 2.24) is 0 Å². The molecular weight excluding hydrogens is 535 g/mol. The highest BCUT2D eigenvalue weighted by atomic mass is 35.5. The van der Waals surface area contributed by atoms with E-state index in [-0.39, 0.29) is 40.2 Å². The second-order valence-electron chi connectivity index (χ2n) is 8.85. The average Bonchev–Trinajstić information content (AvgIpc) is 2.96. The van der Waals surface area contributed by atoms with Crippen LogP contribution in [0.5, 0.6) is 23.0 Å². The van der Waals surface area contributed by atoms with Gasteiger partial charge in [-0.25, -0.2) is 9.18 Å². The Labute approximate surface area is 234 Å². The van der Waals surface area contributed by atoms with Gasteiger partial charge in [-0.3, -0.25) is 0 Å². The number of allylic oxidation sites excluding steroid dienone is 1. The van der Waals surface area contributed by atoms with E-state index in [0.29, 0.717) is 22.8 Å². The first-order chi connectivity index (χ1) is 19.4. The number of ether oxygens (including phenoxy) is 4. The molecule has 0 spiro atoms. The summed E-state index contributed by atoms with van der Waals surface area (Å²) in [6.45, 7) is 0.241. The molecule has 0 amide bonds. The van der Waals surface area contributed by atoms with Crippen molar-refractivity contribution in [1.29, 1.82) is 5.26 Å². The minimum absolute atomic E-state index is 0.0527. The lowest BCUT2D eigenvalue weighted by Gasteiger charge is -2.27. The topological polar surface area (TPSA) is 104 Å². The molecule has 1 atom stereocenters. The van der Waals surface area contributed by atoms with E-state index in [1.165, 1.54) is 25.3 Å². The molecule has 2 N–H and O–H groups in total. The standard InChI is InChI=1S/C31H22ClFN2O5/c1-37-27-12-7-20(14-26(27)32)31(36)39-23-10-11-24-28(15-23)40-30(35)25(16-34)29(24)19-3-2-4-22(13-19)38-17-18-5-8-21(33)9-6-18/h2-15,29H,17,35H2,1H3. The molecule has 7 nitrogen and oxygen atoms in total. The fourth-order valence-electron chi connectivity index (χ4n) is 4.33. The summed E-state index contributed by atoms with van der Waals surface area (Å²) < 4.78 is 35.5. The summed E-state index contributed by atoms with van der Waals surface area (Å²) >= 11 is 6.14. The summed E-state index contributed by atoms with van der Waals surface area (Å²) in [7, 11) is 1.48. The summed E-state index contributed by atoms with van der Waals surface area (Å²) in [5.41, 5.74) is 8.84. The van der Waals surface area contributed by atoms with Crippen molar-refractivity contribution in [3.05, 3.63) is 129 Å². The van der Waals surface area contributed by atoms with Crippen LogP contribution in [0.2, 0.25) is 5.02 Å². The second-order valence-corrected chi connectivity index (χ2v) is 9.26. The summed E-state index contributed by atoms with van der Waals surface area (Å²) in [6.07, 6.45) is 0. The van der Waals surface area contributed by atoms with Crippen LogP contribution in [-0.2, 0) is 6.61 Å². The first-order valence-electron chi connectivity index (χ1n) is 12.1. The Morgan fingerprint density at radius 3 is 2.58 bits per heavy atom. The predicted octanol–water partition coefficient (Wildman–Crippen LogP) is 6.50. The highest BCUT2D eigenvalue weighted by Gasteiger charge is 2.31. The second kappa shape index (κ2) is 11.4. The van der Waals surface area contributed by atoms with E-state index >= 15 is 0 Å². The smallest absolute Gasteiger partial charge is 0.343 e. The van der Waals surface area contributed by atoms with Gasteiger partial charge >= 0.3 is 5.97 Å². The van der Waals surface area contributed by atoms with Crippen molar-refractivity contribution in [2.45, 2.75) is 12.5 Å². The lowest BCUT2D eigenvalue weighted by Crippen LogP contribution is -2.21. The van der Waals surface area contributed by atoms with E-state index in [2.05, 4.69) is 6.07 Å². The fraction of sp³-hybridized carbons (Fsp3) is 0.0968. The van der Waals surface area contributed by atoms with Crippen molar-refractivity contribution in [2.75, 3.05) is 7.11 Å². The Morgan fingerprint density at radius 2 is 1.85 bits per heavy atom. The van der Waals surface area contributed by atoms with Crippen LogP contribution in [0.4, 0.5) is 4.39 Å². The molecule has 1 aliphatic heterocycles. The minimum atomic E-state index is -0.621. The SMILES string of the molecule is COc1ccc(C(=O)Oc2ccc3c(c2)OC(N)=C(C#N)C3c2cccc(OCc3ccc(F)cc3)c2)cc1Cl. The molecule has 1 unspecified atom stereocenters. The molecule has 0 saturated carbocycles. The Balaban J connectivity index is 1.40. The van der Waals surface area contributed by atoms with Gasteiger partial charge in [0.05, 0.1) is 23.6 Å². The molecule has 0 fully saturated rings. The third-order valence-corrected chi connectivity index (χ3v) is 6.59. The number of benzene rings is 4. The monoisotopic (exact) mass is 556 g/mol. The van der Waals surface area contributed by atoms with Gasteiger partial charge in [-0.1, -0.05) is 41.9 Å². The molecule has 0 radical (unpaired) electrons. The van der Waals surface area contributed by atoms with Crippen LogP contribution in [0, 0.1) is 17.1 Å². The van der Waals surface area contributed by atoms with Gasteiger partial charge in [-0.15, -0.1) is 0 Å². The van der Waals surface area contributed by atoms with Gasteiger partial charge in [0.2, 0.25) is 5.88 Å². The molecule has 4 aromatic rings. The lowest BCUT2D eigenvalue weighted by molar-refractivity contribution is 0.0734. The van der Waals surface area contributed by atoms with Crippen LogP contribution in [0.15, 0.2) is 96.4 Å². The number of methoxy groups -OCH3 is 1. The Kier molecular flexibility index (Phi) is 7.58. The van der Waals surface area contributed by atoms with Gasteiger partial charge in [0, 0.05) is 11.6 Å². The molecule has 4 aromatic carbocycles. The molecule has 40 heavy (non-hydrogen) atoms. The maximum atomic E-state index is 13.2. The van der Waals surface area contributed by atoms with E-state index < -0.39 is 11.9 Å². The van der Waals surface area contributed by atoms with Crippen LogP contribution >= 0.6 is 11.6 Å². The Bertz CT molecular complexity index is 1660. The van der Waals surface area contributed by atoms with Gasteiger partial charge in [0.15, 0.2) is 0 Å². The minimum Gasteiger partial charge on any atom is -0.495 e. The first-order valence-corrected chi connectivity index (χ1v) is 12.5. The quantitative estimate of drug-likeness (QED) is 0.204. The highest BCUT2D eigenvalue weighted by Crippen LogP contribution is 2.44. The summed E-state index contributed by atoms with van der Waals surface area (Å²) in [6, 6.07) is 24.9. The average molecular weight is 557 g/mol. The third kappa shape index (κ3) is 5.55. The van der Waals surface area contributed by atoms with E-state index in [9.17, 15) is 14.4 Å². The van der Waals surface area contributed by atoms with E-state index in [1.807, 2.05) is 18.2 Å². The van der Waals surface area contributed by atoms with Crippen LogP contribution in [0.1, 0.15) is 33.0 Å². The molecular formula is C31H22ClFN2O5. The van der Waals surface area contributed by atoms with Gasteiger partial charge < -0.3 is 24.7 Å². The zero-order valence-corrected chi connectivity index (χ0v) is 21.9. The summed E-state index contributed by atoms with van der Waals surface area (Å²) in [5, 5.41) is 10.2. The van der Waals surface area contributed by atoms with Crippen molar-refractivity contribution in [2.24, 2.45) is 5.73 Å². The van der Waals surface area contributed by atoms with Crippen molar-refractivity contribution < 1.29 is 28.1 Å². The number of hydrogen-bond acceptors (Lipinski definition) is 7. The maximum absolute atomic E-state index is 13.2. The third-order valence-electron chi connectivity index (χ3n) is 6.30. The fourth-order valence-corrected chi connectivity index (χ4v) is 4.59. The molecule has 0 aliphatic carbocycles. The van der Waals surface area contributed by atoms with Gasteiger partial charge in [-0.05, 0) is 59.7 Å². The number of fused-ring (bicyclic) bond motifs is 1. The first kappa shape index (κ1) is 26.6. The number of esters is 1. The lowest BCUT2D eigenvalue weighted by atomic mass is 9.83. The maximum Gasteiger partial charge on any atom is 0.343 e. The normalized spacial score (nSPS) is 14.0. The van der Waals surface area contributed by atoms with Gasteiger partial charge in [0.25, 0.3) is 0 Å². The Hall–Kier alpha value is -5.00. The highest BCUT2D eigenvalue weighted by molar-refractivity contribution is 6.32. The van der Waals surface area contributed by atoms with Crippen LogP contribution in [0.25, 0.3) is 0 Å². The number of halogens is 2. The van der Waals surface area contributed by atoms with Crippen molar-refractivity contribution in [3.63, 3.8) is 0 Å². The number of nitrogens with zero attached hydrogens (tertiary/aromatic N) is 1. The predicted molar refractivity (Wildman–Crippen MR) is 146 cm³/mol. The Morgan fingerprint density at radius 1 is 1.05 bits per heavy atom. The van der Waals surface area contributed by atoms with Gasteiger partial charge in [0.1, 0.15) is 47.1 Å². The number of hydrogen-bond donors (Lipinski definition) is 1. The van der Waals surface area contributed by atoms with Gasteiger partial charge in [-0.2, -0.15) is 5.26 Å². The zero-order valence-electron chi connectivity index (χ0n) is 21.2. The number of rotatable bonds is 7. The zero-order chi connectivity index (χ0) is 28.2. The molecule has 1 aliphatic rings. The number of nitrogens with two attached hydrogens (primary N) is 1. The van der Waals surface area contributed by atoms with Crippen LogP contribution < -0.4 is 24.7 Å². The largest absolute Gasteiger partial charge is 0.495 e. The molecule has 0 aromatic heterocycles. The van der Waals surface area contributed by atoms with Crippen molar-refractivity contribution >= 4 is 17.6 Å². The number of carbonyl (C=O) groups excluding carboxylic acids is 1. The summed E-state index contributed by atoms with van der Waals surface area (Å²) in [5.74, 6) is 0.0263. The molecule has 0 bridgehead atoms. The number of nitriles is 1. The molecule has 1 heterocycles. The molecule has 5 rings (SSSR count). The van der Waals surface area contributed by atoms with E-state index in [0.717, 1.165) is 11.1 Å². The van der Waals surface area contributed by atoms with Crippen molar-refractivity contribution in [3.8, 4) is 29.1 Å². The van der Waals surface area contributed by atoms with E-state index in [1.54, 1.807) is 48.5 Å². The summed E-state index contributed by atoms with van der Waals surface area (Å²) in [4.78, 5) is 12.7. The number of carbonyl (C=O) groups is 1. The molecule has 9 heteroatoms. The van der Waals surface area contributed by atoms with Crippen LogP contribution in [0.3, 0.4) is 0 Å².